The molecular weight excluding hydrogens is 478 g/mol. The maximum Gasteiger partial charge on any atom is 0.303 e. The predicted octanol–water partition coefficient (Wildman–Crippen LogP) is 11.2. The van der Waals surface area contributed by atoms with Gasteiger partial charge in [-0.25, -0.2) is 0 Å². The van der Waals surface area contributed by atoms with Crippen molar-refractivity contribution in [2.24, 2.45) is 0 Å². The molecule has 0 aliphatic heterocycles. The SMILES string of the molecule is CCCCCC=CCC=CCC=CCC=CCCCC(=O)O.CCCC[N+](CCCC)(CCCC)CCCC. The molecule has 0 amide bonds. The Balaban J connectivity index is 0. The fourth-order valence-corrected chi connectivity index (χ4v) is 4.58. The molecule has 3 nitrogen and oxygen atoms in total. The standard InChI is InChI=1S/C20H32O2.C16H36N/c1-2-3-4-5-6-7-8-9-10-11-12-13-14-15-16-17-18-19-20(21)22;1-5-9-13-17(14-10-6-2,15-11-7-3)16-12-8-4/h6-7,9-10,12-13,15-16H,2-5,8,11,14,17-19H2,1H3,(H,21,22);5-16H2,1-4H3/q;+1. The van der Waals surface area contributed by atoms with Crippen LogP contribution in [-0.4, -0.2) is 41.7 Å². The van der Waals surface area contributed by atoms with Crippen LogP contribution in [0.2, 0.25) is 0 Å². The summed E-state index contributed by atoms with van der Waals surface area (Å²) in [7, 11) is 0. The van der Waals surface area contributed by atoms with Crippen LogP contribution in [-0.2, 0) is 4.79 Å². The van der Waals surface area contributed by atoms with Gasteiger partial charge in [0.1, 0.15) is 0 Å². The molecule has 3 heteroatoms. The van der Waals surface area contributed by atoms with Gasteiger partial charge in [0.2, 0.25) is 0 Å². The predicted molar refractivity (Wildman–Crippen MR) is 175 cm³/mol. The zero-order chi connectivity index (χ0) is 29.3. The highest BCUT2D eigenvalue weighted by molar-refractivity contribution is 5.66. The van der Waals surface area contributed by atoms with E-state index in [2.05, 4.69) is 83.2 Å². The Morgan fingerprint density at radius 2 is 0.821 bits per heavy atom. The number of allylic oxidation sites excluding steroid dienone is 8. The summed E-state index contributed by atoms with van der Waals surface area (Å²) in [5.41, 5.74) is 0. The molecule has 0 heterocycles. The van der Waals surface area contributed by atoms with E-state index in [1.165, 1.54) is 108 Å². The van der Waals surface area contributed by atoms with Gasteiger partial charge in [-0.3, -0.25) is 4.79 Å². The molecule has 0 spiro atoms. The van der Waals surface area contributed by atoms with Crippen LogP contribution in [0.3, 0.4) is 0 Å². The summed E-state index contributed by atoms with van der Waals surface area (Å²) in [6, 6.07) is 0. The van der Waals surface area contributed by atoms with Crippen LogP contribution >= 0.6 is 0 Å². The van der Waals surface area contributed by atoms with Crippen LogP contribution in [0.15, 0.2) is 48.6 Å². The smallest absolute Gasteiger partial charge is 0.303 e. The van der Waals surface area contributed by atoms with Gasteiger partial charge in [-0.15, -0.1) is 0 Å². The molecule has 0 saturated heterocycles. The Morgan fingerprint density at radius 1 is 0.487 bits per heavy atom. The first-order valence-corrected chi connectivity index (χ1v) is 16.7. The number of hydrogen-bond acceptors (Lipinski definition) is 1. The van der Waals surface area contributed by atoms with Crippen molar-refractivity contribution < 1.29 is 14.4 Å². The molecule has 0 fully saturated rings. The second kappa shape index (κ2) is 32.6. The number of carboxylic acid groups (broad SMARTS) is 1. The molecule has 0 aromatic rings. The molecule has 0 aromatic carbocycles. The molecule has 0 rings (SSSR count). The minimum absolute atomic E-state index is 0.262. The number of hydrogen-bond donors (Lipinski definition) is 1. The van der Waals surface area contributed by atoms with Crippen molar-refractivity contribution in [3.63, 3.8) is 0 Å². The van der Waals surface area contributed by atoms with Gasteiger partial charge < -0.3 is 9.59 Å². The topological polar surface area (TPSA) is 37.3 Å². The monoisotopic (exact) mass is 547 g/mol. The zero-order valence-corrected chi connectivity index (χ0v) is 27.0. The molecule has 0 aliphatic carbocycles. The summed E-state index contributed by atoms with van der Waals surface area (Å²) in [4.78, 5) is 10.3. The lowest BCUT2D eigenvalue weighted by Gasteiger charge is -2.39. The summed E-state index contributed by atoms with van der Waals surface area (Å²) in [5, 5.41) is 8.49. The quantitative estimate of drug-likeness (QED) is 0.0665. The highest BCUT2D eigenvalue weighted by Crippen LogP contribution is 2.16. The lowest BCUT2D eigenvalue weighted by Crippen LogP contribution is -2.50. The lowest BCUT2D eigenvalue weighted by atomic mass is 10.1. The number of carbonyl (C=O) groups is 1. The number of nitrogens with zero attached hydrogens (tertiary/aromatic N) is 1. The van der Waals surface area contributed by atoms with Crippen molar-refractivity contribution >= 4 is 5.97 Å². The van der Waals surface area contributed by atoms with E-state index < -0.39 is 5.97 Å². The highest BCUT2D eigenvalue weighted by atomic mass is 16.4. The van der Waals surface area contributed by atoms with E-state index in [9.17, 15) is 4.79 Å². The van der Waals surface area contributed by atoms with Gasteiger partial charge in [0.15, 0.2) is 0 Å². The van der Waals surface area contributed by atoms with Crippen molar-refractivity contribution in [3.8, 4) is 0 Å². The van der Waals surface area contributed by atoms with Gasteiger partial charge in [0.05, 0.1) is 26.2 Å². The Hall–Kier alpha value is -1.61. The number of quaternary nitrogens is 1. The van der Waals surface area contributed by atoms with E-state index >= 15 is 0 Å². The van der Waals surface area contributed by atoms with Crippen molar-refractivity contribution in [3.05, 3.63) is 48.6 Å². The Kier molecular flexibility index (Phi) is 33.0. The highest BCUT2D eigenvalue weighted by Gasteiger charge is 2.24. The number of carboxylic acids is 1. The molecule has 0 aromatic heterocycles. The van der Waals surface area contributed by atoms with Crippen molar-refractivity contribution in [2.45, 2.75) is 150 Å². The van der Waals surface area contributed by atoms with Crippen molar-refractivity contribution in [2.75, 3.05) is 26.2 Å². The molecule has 0 unspecified atom stereocenters. The van der Waals surface area contributed by atoms with Crippen LogP contribution in [0.25, 0.3) is 0 Å². The molecule has 0 atom stereocenters. The minimum Gasteiger partial charge on any atom is -0.481 e. The average Bonchev–Trinajstić information content (AvgIpc) is 2.94. The van der Waals surface area contributed by atoms with Gasteiger partial charge in [-0.1, -0.05) is 122 Å². The second-order valence-corrected chi connectivity index (χ2v) is 11.0. The minimum atomic E-state index is -0.712. The van der Waals surface area contributed by atoms with Gasteiger partial charge in [-0.2, -0.15) is 0 Å². The number of aliphatic carboxylic acids is 1. The third-order valence-electron chi connectivity index (χ3n) is 7.16. The van der Waals surface area contributed by atoms with E-state index in [-0.39, 0.29) is 6.42 Å². The van der Waals surface area contributed by atoms with Gasteiger partial charge >= 0.3 is 5.97 Å². The summed E-state index contributed by atoms with van der Waals surface area (Å²) < 4.78 is 1.42. The van der Waals surface area contributed by atoms with Gasteiger partial charge in [-0.05, 0) is 70.6 Å². The Labute approximate surface area is 245 Å². The third kappa shape index (κ3) is 30.8. The van der Waals surface area contributed by atoms with E-state index in [1.54, 1.807) is 0 Å². The van der Waals surface area contributed by atoms with Gasteiger partial charge in [0, 0.05) is 6.42 Å². The van der Waals surface area contributed by atoms with Gasteiger partial charge in [0.25, 0.3) is 0 Å². The van der Waals surface area contributed by atoms with Crippen molar-refractivity contribution in [1.82, 2.24) is 0 Å². The molecule has 228 valence electrons. The second-order valence-electron chi connectivity index (χ2n) is 11.0. The van der Waals surface area contributed by atoms with E-state index in [1.807, 2.05) is 0 Å². The first kappa shape index (κ1) is 39.5. The largest absolute Gasteiger partial charge is 0.481 e. The first-order chi connectivity index (χ1) is 19.0. The number of rotatable bonds is 26. The Bertz CT molecular complexity index is 580. The average molecular weight is 547 g/mol. The van der Waals surface area contributed by atoms with E-state index in [4.69, 9.17) is 5.11 Å². The first-order valence-electron chi connectivity index (χ1n) is 16.7. The maximum absolute atomic E-state index is 10.3. The van der Waals surface area contributed by atoms with Crippen LogP contribution in [0.5, 0.6) is 0 Å². The molecule has 1 N–H and O–H groups in total. The van der Waals surface area contributed by atoms with Crippen LogP contribution in [0, 0.1) is 0 Å². The molecule has 0 bridgehead atoms. The fourth-order valence-electron chi connectivity index (χ4n) is 4.58. The van der Waals surface area contributed by atoms with E-state index in [0.717, 1.165) is 32.1 Å². The summed E-state index contributed by atoms with van der Waals surface area (Å²) >= 11 is 0. The summed E-state index contributed by atoms with van der Waals surface area (Å²) in [6.07, 6.45) is 38.4. The fraction of sp³-hybridized carbons (Fsp3) is 0.750. The molecule has 0 aliphatic rings. The third-order valence-corrected chi connectivity index (χ3v) is 7.16. The normalized spacial score (nSPS) is 12.2. The maximum atomic E-state index is 10.3. The van der Waals surface area contributed by atoms with Crippen LogP contribution in [0.4, 0.5) is 0 Å². The Morgan fingerprint density at radius 3 is 1.15 bits per heavy atom. The van der Waals surface area contributed by atoms with Crippen LogP contribution < -0.4 is 0 Å². The lowest BCUT2D eigenvalue weighted by molar-refractivity contribution is -0.929. The summed E-state index contributed by atoms with van der Waals surface area (Å²) in [6.45, 7) is 17.2. The summed E-state index contributed by atoms with van der Waals surface area (Å²) in [5.74, 6) is -0.712. The molecule has 39 heavy (non-hydrogen) atoms. The van der Waals surface area contributed by atoms with Crippen LogP contribution in [0.1, 0.15) is 150 Å². The molecular formula is C36H68NO2+. The molecule has 0 radical (unpaired) electrons. The zero-order valence-electron chi connectivity index (χ0n) is 27.0. The number of unbranched alkanes of at least 4 members (excludes halogenated alkanes) is 8. The van der Waals surface area contributed by atoms with Crippen molar-refractivity contribution in [1.29, 1.82) is 0 Å². The molecule has 0 saturated carbocycles. The van der Waals surface area contributed by atoms with E-state index in [0.29, 0.717) is 0 Å².